The highest BCUT2D eigenvalue weighted by atomic mass is 32.2. The minimum absolute atomic E-state index is 0.180. The number of halogens is 1. The van der Waals surface area contributed by atoms with Gasteiger partial charge in [-0.25, -0.2) is 17.5 Å². The molecule has 1 aliphatic rings. The Bertz CT molecular complexity index is 1250. The molecule has 0 fully saturated rings. The van der Waals surface area contributed by atoms with Gasteiger partial charge in [0.1, 0.15) is 5.82 Å². The average molecular weight is 485 g/mol. The lowest BCUT2D eigenvalue weighted by atomic mass is 9.91. The molecule has 1 atom stereocenters. The Balaban J connectivity index is 1.66. The van der Waals surface area contributed by atoms with Crippen molar-refractivity contribution in [3.05, 3.63) is 88.7 Å². The van der Waals surface area contributed by atoms with Gasteiger partial charge in [-0.1, -0.05) is 29.8 Å². The van der Waals surface area contributed by atoms with Crippen molar-refractivity contribution < 1.29 is 22.3 Å². The molecule has 0 bridgehead atoms. The highest BCUT2D eigenvalue weighted by Gasteiger charge is 2.30. The molecule has 34 heavy (non-hydrogen) atoms. The van der Waals surface area contributed by atoms with Crippen molar-refractivity contribution >= 4 is 10.0 Å². The summed E-state index contributed by atoms with van der Waals surface area (Å²) in [6, 6.07) is 16.8. The van der Waals surface area contributed by atoms with E-state index in [1.165, 1.54) is 12.1 Å². The summed E-state index contributed by atoms with van der Waals surface area (Å²) < 4.78 is 53.2. The molecule has 0 unspecified atom stereocenters. The number of aryl methyl sites for hydroxylation is 1. The number of fused-ring (bicyclic) bond motifs is 1. The molecule has 3 aromatic rings. The van der Waals surface area contributed by atoms with Gasteiger partial charge in [0.25, 0.3) is 0 Å². The first-order valence-electron chi connectivity index (χ1n) is 11.1. The second-order valence-corrected chi connectivity index (χ2v) is 10.2. The second kappa shape index (κ2) is 10.1. The van der Waals surface area contributed by atoms with Crippen LogP contribution in [0.2, 0.25) is 0 Å². The minimum atomic E-state index is -3.69. The summed E-state index contributed by atoms with van der Waals surface area (Å²) in [5.41, 5.74) is 4.02. The van der Waals surface area contributed by atoms with Gasteiger partial charge in [-0.15, -0.1) is 0 Å². The molecule has 4 rings (SSSR count). The number of hydrogen-bond acceptors (Lipinski definition) is 5. The molecule has 8 heteroatoms. The molecule has 0 amide bonds. The minimum Gasteiger partial charge on any atom is -0.493 e. The van der Waals surface area contributed by atoms with Crippen LogP contribution in [0.1, 0.15) is 28.3 Å². The fourth-order valence-electron chi connectivity index (χ4n) is 4.32. The number of nitrogens with one attached hydrogen (secondary N) is 1. The molecule has 1 N–H and O–H groups in total. The first kappa shape index (κ1) is 24.2. The quantitative estimate of drug-likeness (QED) is 0.518. The standard InChI is InChI=1S/C26H29FN2O4S/c1-18-4-10-22(11-5-18)34(30,31)28-16-24-23-15-26(33-3)25(32-2)14-20(23)12-13-29(24)17-19-6-8-21(27)9-7-19/h4-11,14-15,24,28H,12-13,16-17H2,1-3H3/t24-/m0/s1. The normalized spacial score (nSPS) is 16.2. The lowest BCUT2D eigenvalue weighted by Crippen LogP contribution is -2.41. The first-order valence-corrected chi connectivity index (χ1v) is 12.6. The third-order valence-electron chi connectivity index (χ3n) is 6.21. The van der Waals surface area contributed by atoms with E-state index in [2.05, 4.69) is 9.62 Å². The Labute approximate surface area is 200 Å². The van der Waals surface area contributed by atoms with Crippen LogP contribution < -0.4 is 14.2 Å². The van der Waals surface area contributed by atoms with E-state index in [1.54, 1.807) is 50.6 Å². The van der Waals surface area contributed by atoms with E-state index in [0.717, 1.165) is 35.2 Å². The monoisotopic (exact) mass is 484 g/mol. The maximum absolute atomic E-state index is 13.4. The van der Waals surface area contributed by atoms with E-state index in [-0.39, 0.29) is 23.3 Å². The van der Waals surface area contributed by atoms with Crippen LogP contribution in [-0.4, -0.2) is 40.6 Å². The third kappa shape index (κ3) is 5.24. The van der Waals surface area contributed by atoms with Crippen LogP contribution in [0.4, 0.5) is 4.39 Å². The van der Waals surface area contributed by atoms with E-state index < -0.39 is 10.0 Å². The van der Waals surface area contributed by atoms with Crippen molar-refractivity contribution in [2.75, 3.05) is 27.3 Å². The Morgan fingerprint density at radius 3 is 2.29 bits per heavy atom. The van der Waals surface area contributed by atoms with Gasteiger partial charge in [-0.3, -0.25) is 4.90 Å². The van der Waals surface area contributed by atoms with Gasteiger partial charge in [0.2, 0.25) is 10.0 Å². The van der Waals surface area contributed by atoms with E-state index in [9.17, 15) is 12.8 Å². The van der Waals surface area contributed by atoms with Crippen LogP contribution in [0.25, 0.3) is 0 Å². The number of benzene rings is 3. The highest BCUT2D eigenvalue weighted by Crippen LogP contribution is 2.38. The van der Waals surface area contributed by atoms with Gasteiger partial charge in [0.05, 0.1) is 19.1 Å². The lowest BCUT2D eigenvalue weighted by Gasteiger charge is -2.38. The van der Waals surface area contributed by atoms with Crippen LogP contribution >= 0.6 is 0 Å². The third-order valence-corrected chi connectivity index (χ3v) is 7.65. The van der Waals surface area contributed by atoms with Crippen LogP contribution in [0.5, 0.6) is 11.5 Å². The van der Waals surface area contributed by atoms with E-state index in [0.29, 0.717) is 18.0 Å². The summed E-state index contributed by atoms with van der Waals surface area (Å²) in [7, 11) is -0.511. The first-order chi connectivity index (χ1) is 16.3. The second-order valence-electron chi connectivity index (χ2n) is 8.43. The van der Waals surface area contributed by atoms with Crippen LogP contribution in [0.3, 0.4) is 0 Å². The van der Waals surface area contributed by atoms with Crippen molar-refractivity contribution in [2.24, 2.45) is 0 Å². The van der Waals surface area contributed by atoms with E-state index in [4.69, 9.17) is 9.47 Å². The Morgan fingerprint density at radius 1 is 1.00 bits per heavy atom. The summed E-state index contributed by atoms with van der Waals surface area (Å²) in [5.74, 6) is 0.954. The summed E-state index contributed by atoms with van der Waals surface area (Å²) in [6.45, 7) is 3.37. The molecule has 0 saturated heterocycles. The average Bonchev–Trinajstić information content (AvgIpc) is 2.84. The lowest BCUT2D eigenvalue weighted by molar-refractivity contribution is 0.176. The van der Waals surface area contributed by atoms with Gasteiger partial charge >= 0.3 is 0 Å². The summed E-state index contributed by atoms with van der Waals surface area (Å²) in [5, 5.41) is 0. The number of nitrogens with zero attached hydrogens (tertiary/aromatic N) is 1. The van der Waals surface area contributed by atoms with Gasteiger partial charge in [-0.05, 0) is 66.4 Å². The van der Waals surface area contributed by atoms with Gasteiger partial charge in [0.15, 0.2) is 11.5 Å². The molecule has 3 aromatic carbocycles. The van der Waals surface area contributed by atoms with Gasteiger partial charge in [0, 0.05) is 25.7 Å². The molecular weight excluding hydrogens is 455 g/mol. The highest BCUT2D eigenvalue weighted by molar-refractivity contribution is 7.89. The molecule has 1 aliphatic heterocycles. The molecule has 0 saturated carbocycles. The molecular formula is C26H29FN2O4S. The van der Waals surface area contributed by atoms with Crippen molar-refractivity contribution in [3.8, 4) is 11.5 Å². The summed E-state index contributed by atoms with van der Waals surface area (Å²) in [4.78, 5) is 2.44. The number of sulfonamides is 1. The summed E-state index contributed by atoms with van der Waals surface area (Å²) in [6.07, 6.45) is 0.776. The van der Waals surface area contributed by atoms with Gasteiger partial charge in [-0.2, -0.15) is 0 Å². The van der Waals surface area contributed by atoms with Crippen LogP contribution in [0.15, 0.2) is 65.6 Å². The zero-order valence-electron chi connectivity index (χ0n) is 19.5. The topological polar surface area (TPSA) is 67.9 Å². The maximum atomic E-state index is 13.4. The predicted octanol–water partition coefficient (Wildman–Crippen LogP) is 4.23. The van der Waals surface area contributed by atoms with Crippen LogP contribution in [-0.2, 0) is 23.0 Å². The van der Waals surface area contributed by atoms with E-state index in [1.807, 2.05) is 19.1 Å². The zero-order chi connectivity index (χ0) is 24.3. The smallest absolute Gasteiger partial charge is 0.240 e. The maximum Gasteiger partial charge on any atom is 0.240 e. The Morgan fingerprint density at radius 2 is 1.65 bits per heavy atom. The van der Waals surface area contributed by atoms with Crippen molar-refractivity contribution in [1.29, 1.82) is 0 Å². The van der Waals surface area contributed by atoms with Crippen molar-refractivity contribution in [3.63, 3.8) is 0 Å². The van der Waals surface area contributed by atoms with E-state index >= 15 is 0 Å². The van der Waals surface area contributed by atoms with Crippen molar-refractivity contribution in [2.45, 2.75) is 30.8 Å². The fourth-order valence-corrected chi connectivity index (χ4v) is 5.36. The molecule has 0 radical (unpaired) electrons. The largest absolute Gasteiger partial charge is 0.493 e. The molecule has 180 valence electrons. The fraction of sp³-hybridized carbons (Fsp3) is 0.308. The predicted molar refractivity (Wildman–Crippen MR) is 129 cm³/mol. The van der Waals surface area contributed by atoms with Crippen LogP contribution in [0, 0.1) is 12.7 Å². The van der Waals surface area contributed by atoms with Crippen molar-refractivity contribution in [1.82, 2.24) is 9.62 Å². The number of ether oxygens (including phenoxy) is 2. The van der Waals surface area contributed by atoms with Gasteiger partial charge < -0.3 is 9.47 Å². The molecule has 1 heterocycles. The Kier molecular flexibility index (Phi) is 7.21. The molecule has 0 aromatic heterocycles. The molecule has 0 aliphatic carbocycles. The number of methoxy groups -OCH3 is 2. The SMILES string of the molecule is COc1cc2c(cc1OC)[C@H](CNS(=O)(=O)c1ccc(C)cc1)N(Cc1ccc(F)cc1)CC2. The molecule has 6 nitrogen and oxygen atoms in total. The Hall–Kier alpha value is -2.94. The summed E-state index contributed by atoms with van der Waals surface area (Å²) >= 11 is 0. The number of hydrogen-bond donors (Lipinski definition) is 1. The zero-order valence-corrected chi connectivity index (χ0v) is 20.4. The number of rotatable bonds is 8. The molecule has 0 spiro atoms.